The molecular weight excluding hydrogens is 406 g/mol. The first-order valence-electron chi connectivity index (χ1n) is 12.4. The molecule has 0 saturated heterocycles. The Labute approximate surface area is 193 Å². The Balaban J connectivity index is 1.71. The van der Waals surface area contributed by atoms with Gasteiger partial charge in [-0.25, -0.2) is 18.7 Å². The lowest BCUT2D eigenvalue weighted by molar-refractivity contribution is 0.146. The van der Waals surface area contributed by atoms with Crippen LogP contribution < -0.4 is 4.74 Å². The van der Waals surface area contributed by atoms with Crippen molar-refractivity contribution in [3.63, 3.8) is 0 Å². The highest BCUT2D eigenvalue weighted by atomic mass is 19.1. The molecule has 0 saturated carbocycles. The lowest BCUT2D eigenvalue weighted by Crippen LogP contribution is -2.18. The van der Waals surface area contributed by atoms with Crippen molar-refractivity contribution in [1.29, 1.82) is 0 Å². The summed E-state index contributed by atoms with van der Waals surface area (Å²) in [4.78, 5) is 8.99. The number of halogens is 2. The van der Waals surface area contributed by atoms with Crippen LogP contribution in [0.1, 0.15) is 90.0 Å². The molecule has 0 radical (unpaired) electrons. The fourth-order valence-electron chi connectivity index (χ4n) is 3.70. The second-order valence-corrected chi connectivity index (χ2v) is 8.69. The first kappa shape index (κ1) is 26.2. The van der Waals surface area contributed by atoms with Gasteiger partial charge in [0.1, 0.15) is 24.7 Å². The Kier molecular flexibility index (Phi) is 12.9. The van der Waals surface area contributed by atoms with E-state index in [1.165, 1.54) is 50.5 Å². The minimum Gasteiger partial charge on any atom is -0.491 e. The van der Waals surface area contributed by atoms with E-state index in [1.807, 2.05) is 31.5 Å². The molecule has 2 rings (SSSR count). The van der Waals surface area contributed by atoms with E-state index in [9.17, 15) is 8.78 Å². The molecule has 1 aromatic carbocycles. The molecular formula is C27H40F2N2O. The molecule has 1 aromatic heterocycles. The zero-order valence-electron chi connectivity index (χ0n) is 19.9. The van der Waals surface area contributed by atoms with E-state index in [0.717, 1.165) is 24.8 Å². The summed E-state index contributed by atoms with van der Waals surface area (Å²) in [5.74, 6) is 1.23. The summed E-state index contributed by atoms with van der Waals surface area (Å²) in [6, 6.07) is 7.30. The van der Waals surface area contributed by atoms with E-state index in [-0.39, 0.29) is 13.0 Å². The van der Waals surface area contributed by atoms with Gasteiger partial charge in [0.05, 0.1) is 0 Å². The third-order valence-electron chi connectivity index (χ3n) is 5.70. The molecule has 3 nitrogen and oxygen atoms in total. The predicted molar refractivity (Wildman–Crippen MR) is 129 cm³/mol. The van der Waals surface area contributed by atoms with Crippen molar-refractivity contribution >= 4 is 0 Å². The van der Waals surface area contributed by atoms with Crippen LogP contribution in [0.5, 0.6) is 5.75 Å². The Morgan fingerprint density at radius 1 is 0.781 bits per heavy atom. The van der Waals surface area contributed by atoms with Crippen molar-refractivity contribution in [2.45, 2.75) is 103 Å². The van der Waals surface area contributed by atoms with Crippen molar-refractivity contribution < 1.29 is 13.5 Å². The fraction of sp³-hybridized carbons (Fsp3) is 0.630. The number of rotatable bonds is 17. The van der Waals surface area contributed by atoms with E-state index in [0.29, 0.717) is 18.0 Å². The van der Waals surface area contributed by atoms with Gasteiger partial charge in [0.25, 0.3) is 0 Å². The molecule has 0 amide bonds. The Morgan fingerprint density at radius 2 is 1.41 bits per heavy atom. The van der Waals surface area contributed by atoms with Crippen LogP contribution in [0, 0.1) is 0 Å². The molecule has 32 heavy (non-hydrogen) atoms. The number of nitrogens with zero attached hydrogens (tertiary/aromatic N) is 2. The van der Waals surface area contributed by atoms with Gasteiger partial charge >= 0.3 is 0 Å². The van der Waals surface area contributed by atoms with Crippen molar-refractivity contribution in [3.05, 3.63) is 42.2 Å². The maximum atomic E-state index is 13.9. The first-order chi connectivity index (χ1) is 15.6. The normalized spacial score (nSPS) is 13.1. The minimum absolute atomic E-state index is 0.100. The van der Waals surface area contributed by atoms with Gasteiger partial charge in [-0.1, -0.05) is 65.2 Å². The number of aromatic nitrogens is 2. The zero-order valence-corrected chi connectivity index (χ0v) is 19.9. The highest BCUT2D eigenvalue weighted by molar-refractivity contribution is 5.55. The van der Waals surface area contributed by atoms with Gasteiger partial charge in [-0.05, 0) is 49.1 Å². The third kappa shape index (κ3) is 10.5. The average Bonchev–Trinajstić information content (AvgIpc) is 2.81. The highest BCUT2D eigenvalue weighted by Gasteiger charge is 2.15. The van der Waals surface area contributed by atoms with Crippen molar-refractivity contribution in [3.8, 4) is 17.1 Å². The van der Waals surface area contributed by atoms with Crippen molar-refractivity contribution in [2.75, 3.05) is 6.61 Å². The fourth-order valence-corrected chi connectivity index (χ4v) is 3.70. The summed E-state index contributed by atoms with van der Waals surface area (Å²) >= 11 is 0. The monoisotopic (exact) mass is 446 g/mol. The van der Waals surface area contributed by atoms with Crippen LogP contribution in [-0.2, 0) is 6.42 Å². The average molecular weight is 447 g/mol. The molecule has 178 valence electrons. The van der Waals surface area contributed by atoms with Crippen molar-refractivity contribution in [2.24, 2.45) is 0 Å². The van der Waals surface area contributed by atoms with Gasteiger partial charge in [-0.3, -0.25) is 0 Å². The zero-order chi connectivity index (χ0) is 23.0. The number of aryl methyl sites for hydroxylation is 1. The van der Waals surface area contributed by atoms with Crippen LogP contribution in [0.3, 0.4) is 0 Å². The molecule has 1 heterocycles. The first-order valence-corrected chi connectivity index (χ1v) is 12.4. The smallest absolute Gasteiger partial charge is 0.159 e. The number of ether oxygens (including phenoxy) is 1. The van der Waals surface area contributed by atoms with Gasteiger partial charge in [-0.2, -0.15) is 0 Å². The summed E-state index contributed by atoms with van der Waals surface area (Å²) in [6.45, 7) is 4.12. The van der Waals surface area contributed by atoms with Gasteiger partial charge in [0.2, 0.25) is 0 Å². The minimum atomic E-state index is -1.30. The Hall–Kier alpha value is -2.04. The summed E-state index contributed by atoms with van der Waals surface area (Å²) in [5.41, 5.74) is 2.06. The van der Waals surface area contributed by atoms with Crippen LogP contribution in [0.4, 0.5) is 8.78 Å². The topological polar surface area (TPSA) is 35.0 Å². The van der Waals surface area contributed by atoms with Crippen LogP contribution in [0.15, 0.2) is 36.7 Å². The largest absolute Gasteiger partial charge is 0.491 e. The molecule has 0 N–H and O–H groups in total. The summed E-state index contributed by atoms with van der Waals surface area (Å²) in [6.07, 6.45) is 13.5. The summed E-state index contributed by atoms with van der Waals surface area (Å²) in [5, 5.41) is 0. The van der Waals surface area contributed by atoms with E-state index < -0.39 is 12.3 Å². The lowest BCUT2D eigenvalue weighted by Gasteiger charge is -2.13. The second-order valence-electron chi connectivity index (χ2n) is 8.69. The SMILES string of the molecule is CCCCCCCCCc1cnc(-c2ccc(OCC(F)CC(F)CCCC)cc2)nc1. The maximum Gasteiger partial charge on any atom is 0.159 e. The summed E-state index contributed by atoms with van der Waals surface area (Å²) in [7, 11) is 0. The molecule has 0 aliphatic carbocycles. The number of benzene rings is 1. The molecule has 0 aliphatic rings. The highest BCUT2D eigenvalue weighted by Crippen LogP contribution is 2.21. The molecule has 2 atom stereocenters. The van der Waals surface area contributed by atoms with E-state index in [4.69, 9.17) is 4.74 Å². The van der Waals surface area contributed by atoms with Crippen LogP contribution in [-0.4, -0.2) is 28.9 Å². The van der Waals surface area contributed by atoms with Crippen LogP contribution in [0.25, 0.3) is 11.4 Å². The molecule has 0 bridgehead atoms. The van der Waals surface area contributed by atoms with Gasteiger partial charge in [0, 0.05) is 24.4 Å². The number of hydrogen-bond donors (Lipinski definition) is 0. The third-order valence-corrected chi connectivity index (χ3v) is 5.70. The molecule has 0 fully saturated rings. The van der Waals surface area contributed by atoms with Crippen LogP contribution >= 0.6 is 0 Å². The number of hydrogen-bond acceptors (Lipinski definition) is 3. The molecule has 5 heteroatoms. The van der Waals surface area contributed by atoms with E-state index in [1.54, 1.807) is 12.1 Å². The van der Waals surface area contributed by atoms with Crippen molar-refractivity contribution in [1.82, 2.24) is 9.97 Å². The van der Waals surface area contributed by atoms with Crippen LogP contribution in [0.2, 0.25) is 0 Å². The predicted octanol–water partition coefficient (Wildman–Crippen LogP) is 8.07. The maximum absolute atomic E-state index is 13.9. The number of unbranched alkanes of at least 4 members (excludes halogenated alkanes) is 7. The van der Waals surface area contributed by atoms with Gasteiger partial charge < -0.3 is 4.74 Å². The summed E-state index contributed by atoms with van der Waals surface area (Å²) < 4.78 is 33.1. The molecule has 2 aromatic rings. The van der Waals surface area contributed by atoms with E-state index in [2.05, 4.69) is 16.9 Å². The lowest BCUT2D eigenvalue weighted by atomic mass is 10.1. The second kappa shape index (κ2) is 15.7. The number of alkyl halides is 2. The standard InChI is InChI=1S/C27H40F2N2O/c1-3-5-7-8-9-10-11-12-22-19-30-27(31-20-22)23-14-16-26(17-15-23)32-21-25(29)18-24(28)13-6-4-2/h14-17,19-20,24-25H,3-13,18,21H2,1-2H3. The van der Waals surface area contributed by atoms with E-state index >= 15 is 0 Å². The van der Waals surface area contributed by atoms with Gasteiger partial charge in [-0.15, -0.1) is 0 Å². The van der Waals surface area contributed by atoms with Gasteiger partial charge in [0.15, 0.2) is 5.82 Å². The Bertz CT molecular complexity index is 721. The molecule has 0 spiro atoms. The molecule has 0 aliphatic heterocycles. The molecule has 2 unspecified atom stereocenters. The Morgan fingerprint density at radius 3 is 2.06 bits per heavy atom. The quantitative estimate of drug-likeness (QED) is 0.230.